The average molecular weight is 436 g/mol. The summed E-state index contributed by atoms with van der Waals surface area (Å²) in [4.78, 5) is 23.2. The predicted molar refractivity (Wildman–Crippen MR) is 106 cm³/mol. The van der Waals surface area contributed by atoms with E-state index in [2.05, 4.69) is 5.32 Å². The third-order valence-electron chi connectivity index (χ3n) is 4.03. The average Bonchev–Trinajstić information content (AvgIpc) is 3.03. The van der Waals surface area contributed by atoms with Crippen LogP contribution >= 0.6 is 11.6 Å². The molecule has 29 heavy (non-hydrogen) atoms. The van der Waals surface area contributed by atoms with Gasteiger partial charge in [0.1, 0.15) is 11.5 Å². The molecule has 2 aromatic carbocycles. The van der Waals surface area contributed by atoms with Crippen molar-refractivity contribution in [3.63, 3.8) is 0 Å². The van der Waals surface area contributed by atoms with E-state index < -0.39 is 20.9 Å². The Hall–Kier alpha value is -3.21. The van der Waals surface area contributed by atoms with Gasteiger partial charge in [0.15, 0.2) is 0 Å². The number of amides is 1. The van der Waals surface area contributed by atoms with Crippen LogP contribution in [-0.4, -0.2) is 19.2 Å². The largest absolute Gasteiger partial charge is 0.460 e. The molecule has 1 heterocycles. The van der Waals surface area contributed by atoms with E-state index in [1.54, 1.807) is 6.92 Å². The molecule has 1 amide bonds. The third kappa shape index (κ3) is 4.45. The standard InChI is InChI=1S/C18H14ClN3O6S/c1-10-15(18(23)21-12-3-5-13(6-4-12)29(20,26)27)9-17(28-10)14-7-2-11(19)8-16(14)22(24)25/h2-9H,1H3,(H,21,23)(H2,20,26,27). The maximum atomic E-state index is 12.6. The topological polar surface area (TPSA) is 146 Å². The van der Waals surface area contributed by atoms with Crippen molar-refractivity contribution in [1.82, 2.24) is 0 Å². The maximum Gasteiger partial charge on any atom is 0.281 e. The Morgan fingerprint density at radius 2 is 1.83 bits per heavy atom. The molecule has 3 rings (SSSR count). The van der Waals surface area contributed by atoms with Gasteiger partial charge in [0.25, 0.3) is 11.6 Å². The van der Waals surface area contributed by atoms with E-state index in [0.29, 0.717) is 5.69 Å². The number of sulfonamides is 1. The quantitative estimate of drug-likeness (QED) is 0.461. The number of carbonyl (C=O) groups excluding carboxylic acids is 1. The molecule has 0 unspecified atom stereocenters. The molecular formula is C18H14ClN3O6S. The minimum atomic E-state index is -3.84. The Labute approximate surface area is 170 Å². The summed E-state index contributed by atoms with van der Waals surface area (Å²) in [5, 5.41) is 19.1. The van der Waals surface area contributed by atoms with Crippen molar-refractivity contribution in [2.75, 3.05) is 5.32 Å². The fourth-order valence-corrected chi connectivity index (χ4v) is 3.31. The zero-order valence-electron chi connectivity index (χ0n) is 14.9. The normalized spacial score (nSPS) is 11.3. The molecule has 9 nitrogen and oxygen atoms in total. The molecule has 0 radical (unpaired) electrons. The molecule has 0 aliphatic carbocycles. The van der Waals surface area contributed by atoms with Gasteiger partial charge in [-0.15, -0.1) is 0 Å². The van der Waals surface area contributed by atoms with Crippen LogP contribution in [0.25, 0.3) is 11.3 Å². The molecule has 0 aliphatic heterocycles. The molecule has 0 saturated carbocycles. The number of carbonyl (C=O) groups is 1. The van der Waals surface area contributed by atoms with Crippen molar-refractivity contribution in [3.05, 3.63) is 75.0 Å². The van der Waals surface area contributed by atoms with Crippen LogP contribution in [0.1, 0.15) is 16.1 Å². The number of anilines is 1. The van der Waals surface area contributed by atoms with Gasteiger partial charge in [0.2, 0.25) is 10.0 Å². The number of rotatable bonds is 5. The number of hydrogen-bond acceptors (Lipinski definition) is 6. The molecule has 150 valence electrons. The number of furan rings is 1. The fourth-order valence-electron chi connectivity index (χ4n) is 2.63. The van der Waals surface area contributed by atoms with Crippen LogP contribution in [-0.2, 0) is 10.0 Å². The Balaban J connectivity index is 1.89. The summed E-state index contributed by atoms with van der Waals surface area (Å²) in [5.41, 5.74) is 0.428. The number of benzene rings is 2. The second kappa shape index (κ2) is 7.66. The first kappa shape index (κ1) is 20.5. The summed E-state index contributed by atoms with van der Waals surface area (Å²) in [7, 11) is -3.84. The summed E-state index contributed by atoms with van der Waals surface area (Å²) >= 11 is 5.82. The number of nitrogens with one attached hydrogen (secondary N) is 1. The molecule has 0 saturated heterocycles. The SMILES string of the molecule is Cc1oc(-c2ccc(Cl)cc2[N+](=O)[O-])cc1C(=O)Nc1ccc(S(N)(=O)=O)cc1. The van der Waals surface area contributed by atoms with E-state index in [0.717, 1.165) is 0 Å². The summed E-state index contributed by atoms with van der Waals surface area (Å²) in [6.45, 7) is 1.55. The Bertz CT molecular complexity index is 1220. The van der Waals surface area contributed by atoms with E-state index in [1.165, 1.54) is 48.5 Å². The smallest absolute Gasteiger partial charge is 0.281 e. The van der Waals surface area contributed by atoms with Crippen molar-refractivity contribution < 1.29 is 22.6 Å². The first-order valence-electron chi connectivity index (χ1n) is 8.05. The third-order valence-corrected chi connectivity index (χ3v) is 5.19. The molecule has 0 bridgehead atoms. The number of nitro groups is 1. The monoisotopic (exact) mass is 435 g/mol. The zero-order chi connectivity index (χ0) is 21.3. The highest BCUT2D eigenvalue weighted by molar-refractivity contribution is 7.89. The minimum absolute atomic E-state index is 0.0904. The molecule has 3 N–H and O–H groups in total. The van der Waals surface area contributed by atoms with Crippen LogP contribution in [0.3, 0.4) is 0 Å². The first-order valence-corrected chi connectivity index (χ1v) is 9.97. The van der Waals surface area contributed by atoms with Gasteiger partial charge in [-0.1, -0.05) is 11.6 Å². The van der Waals surface area contributed by atoms with Crippen molar-refractivity contribution in [2.45, 2.75) is 11.8 Å². The molecule has 0 aliphatic rings. The van der Waals surface area contributed by atoms with Gasteiger partial charge in [-0.2, -0.15) is 0 Å². The second-order valence-corrected chi connectivity index (χ2v) is 8.02. The Kier molecular flexibility index (Phi) is 5.42. The number of primary sulfonamides is 1. The van der Waals surface area contributed by atoms with Crippen LogP contribution in [0.2, 0.25) is 5.02 Å². The van der Waals surface area contributed by atoms with Gasteiger partial charge in [0.05, 0.1) is 20.9 Å². The highest BCUT2D eigenvalue weighted by atomic mass is 35.5. The second-order valence-electron chi connectivity index (χ2n) is 6.02. The number of nitro benzene ring substituents is 1. The number of nitrogens with two attached hydrogens (primary N) is 1. The van der Waals surface area contributed by atoms with E-state index in [1.807, 2.05) is 0 Å². The van der Waals surface area contributed by atoms with Gasteiger partial charge in [-0.3, -0.25) is 14.9 Å². The lowest BCUT2D eigenvalue weighted by atomic mass is 10.1. The number of aryl methyl sites for hydroxylation is 1. The van der Waals surface area contributed by atoms with Crippen molar-refractivity contribution in [3.8, 4) is 11.3 Å². The molecule has 1 aromatic heterocycles. The van der Waals surface area contributed by atoms with Gasteiger partial charge >= 0.3 is 0 Å². The maximum absolute atomic E-state index is 12.6. The zero-order valence-corrected chi connectivity index (χ0v) is 16.5. The van der Waals surface area contributed by atoms with Crippen LogP contribution in [0.4, 0.5) is 11.4 Å². The highest BCUT2D eigenvalue weighted by Gasteiger charge is 2.22. The molecule has 11 heteroatoms. The summed E-state index contributed by atoms with van der Waals surface area (Å²) < 4.78 is 28.1. The van der Waals surface area contributed by atoms with Crippen LogP contribution in [0.15, 0.2) is 57.8 Å². The first-order chi connectivity index (χ1) is 13.6. The number of nitrogens with zero attached hydrogens (tertiary/aromatic N) is 1. The number of hydrogen-bond donors (Lipinski definition) is 2. The number of halogens is 1. The van der Waals surface area contributed by atoms with Crippen molar-refractivity contribution in [1.29, 1.82) is 0 Å². The van der Waals surface area contributed by atoms with Crippen LogP contribution < -0.4 is 10.5 Å². The highest BCUT2D eigenvalue weighted by Crippen LogP contribution is 2.34. The van der Waals surface area contributed by atoms with Crippen LogP contribution in [0.5, 0.6) is 0 Å². The lowest BCUT2D eigenvalue weighted by Gasteiger charge is -2.05. The summed E-state index contributed by atoms with van der Waals surface area (Å²) in [5.74, 6) is -0.138. The van der Waals surface area contributed by atoms with Crippen molar-refractivity contribution in [2.24, 2.45) is 5.14 Å². The molecule has 3 aromatic rings. The van der Waals surface area contributed by atoms with Gasteiger partial charge in [0, 0.05) is 16.8 Å². The Morgan fingerprint density at radius 1 is 1.17 bits per heavy atom. The predicted octanol–water partition coefficient (Wildman–Crippen LogP) is 3.72. The molecular weight excluding hydrogens is 422 g/mol. The van der Waals surface area contributed by atoms with E-state index in [4.69, 9.17) is 21.2 Å². The fraction of sp³-hybridized carbons (Fsp3) is 0.0556. The van der Waals surface area contributed by atoms with Gasteiger partial charge in [-0.05, 0) is 49.4 Å². The summed E-state index contributed by atoms with van der Waals surface area (Å²) in [6.07, 6.45) is 0. The molecule has 0 atom stereocenters. The lowest BCUT2D eigenvalue weighted by molar-refractivity contribution is -0.384. The van der Waals surface area contributed by atoms with E-state index >= 15 is 0 Å². The molecule has 0 fully saturated rings. The van der Waals surface area contributed by atoms with Crippen LogP contribution in [0, 0.1) is 17.0 Å². The summed E-state index contributed by atoms with van der Waals surface area (Å²) in [6, 6.07) is 10.8. The van der Waals surface area contributed by atoms with Crippen molar-refractivity contribution >= 4 is 38.9 Å². The minimum Gasteiger partial charge on any atom is -0.460 e. The van der Waals surface area contributed by atoms with Gasteiger partial charge < -0.3 is 9.73 Å². The lowest BCUT2D eigenvalue weighted by Crippen LogP contribution is -2.14. The molecule has 0 spiro atoms. The van der Waals surface area contributed by atoms with E-state index in [9.17, 15) is 23.3 Å². The Morgan fingerprint density at radius 3 is 2.41 bits per heavy atom. The van der Waals surface area contributed by atoms with E-state index in [-0.39, 0.29) is 38.3 Å². The van der Waals surface area contributed by atoms with Gasteiger partial charge in [-0.25, -0.2) is 13.6 Å².